The molecule has 82 valence electrons. The van der Waals surface area contributed by atoms with Crippen molar-refractivity contribution in [3.05, 3.63) is 34.1 Å². The number of benzene rings is 1. The summed E-state index contributed by atoms with van der Waals surface area (Å²) in [6.07, 6.45) is 1.12. The fourth-order valence-electron chi connectivity index (χ4n) is 1.98. The van der Waals surface area contributed by atoms with E-state index in [1.807, 2.05) is 0 Å². The van der Waals surface area contributed by atoms with Gasteiger partial charge in [-0.15, -0.1) is 0 Å². The van der Waals surface area contributed by atoms with Crippen molar-refractivity contribution < 1.29 is 9.50 Å². The normalized spacial score (nSPS) is 20.2. The van der Waals surface area contributed by atoms with Crippen LogP contribution in [0.25, 0.3) is 0 Å². The van der Waals surface area contributed by atoms with Gasteiger partial charge in [-0.25, -0.2) is 4.39 Å². The Labute approximate surface area is 96.6 Å². The van der Waals surface area contributed by atoms with E-state index in [-0.39, 0.29) is 5.82 Å². The second-order valence-electron chi connectivity index (χ2n) is 3.91. The van der Waals surface area contributed by atoms with Crippen molar-refractivity contribution in [1.82, 2.24) is 5.32 Å². The van der Waals surface area contributed by atoms with Crippen molar-refractivity contribution in [1.29, 1.82) is 0 Å². The molecule has 2 nitrogen and oxygen atoms in total. The van der Waals surface area contributed by atoms with Crippen LogP contribution in [0.1, 0.15) is 18.4 Å². The maximum Gasteiger partial charge on any atom is 0.130 e. The molecule has 0 atom stereocenters. The number of aliphatic hydroxyl groups is 1. The van der Waals surface area contributed by atoms with Gasteiger partial charge in [0.2, 0.25) is 0 Å². The van der Waals surface area contributed by atoms with Crippen LogP contribution in [0.4, 0.5) is 4.39 Å². The van der Waals surface area contributed by atoms with Crippen LogP contribution in [0.5, 0.6) is 0 Å². The van der Waals surface area contributed by atoms with E-state index in [0.717, 1.165) is 13.1 Å². The molecule has 1 aromatic carbocycles. The number of hydrogen-bond acceptors (Lipinski definition) is 2. The van der Waals surface area contributed by atoms with Gasteiger partial charge in [-0.3, -0.25) is 0 Å². The number of nitrogens with one attached hydrogen (secondary N) is 1. The Bertz CT molecular complexity index is 364. The molecule has 4 heteroatoms. The fraction of sp³-hybridized carbons (Fsp3) is 0.455. The van der Waals surface area contributed by atoms with Crippen LogP contribution in [-0.2, 0) is 5.60 Å². The topological polar surface area (TPSA) is 32.3 Å². The Morgan fingerprint density at radius 1 is 1.33 bits per heavy atom. The molecule has 0 saturated carbocycles. The van der Waals surface area contributed by atoms with Crippen LogP contribution >= 0.6 is 15.9 Å². The van der Waals surface area contributed by atoms with E-state index in [2.05, 4.69) is 21.2 Å². The molecule has 0 aromatic heterocycles. The maximum absolute atomic E-state index is 13.7. The van der Waals surface area contributed by atoms with Gasteiger partial charge < -0.3 is 10.4 Å². The number of rotatable bonds is 1. The maximum atomic E-state index is 13.7. The summed E-state index contributed by atoms with van der Waals surface area (Å²) in [4.78, 5) is 0. The molecule has 0 aliphatic carbocycles. The first kappa shape index (κ1) is 11.0. The van der Waals surface area contributed by atoms with E-state index in [1.54, 1.807) is 12.1 Å². The second kappa shape index (κ2) is 4.20. The zero-order chi connectivity index (χ0) is 10.9. The van der Waals surface area contributed by atoms with Gasteiger partial charge in [0.15, 0.2) is 0 Å². The quantitative estimate of drug-likeness (QED) is 0.822. The lowest BCUT2D eigenvalue weighted by Gasteiger charge is -2.33. The van der Waals surface area contributed by atoms with Gasteiger partial charge in [0, 0.05) is 10.0 Å². The molecule has 0 spiro atoms. The summed E-state index contributed by atoms with van der Waals surface area (Å²) in [5.41, 5.74) is -0.594. The summed E-state index contributed by atoms with van der Waals surface area (Å²) in [5, 5.41) is 13.5. The smallest absolute Gasteiger partial charge is 0.130 e. The molecule has 0 bridgehead atoms. The van der Waals surface area contributed by atoms with Gasteiger partial charge in [0.25, 0.3) is 0 Å². The summed E-state index contributed by atoms with van der Waals surface area (Å²) in [7, 11) is 0. The Hall–Kier alpha value is -0.450. The molecule has 1 heterocycles. The van der Waals surface area contributed by atoms with Crippen LogP contribution in [0, 0.1) is 5.82 Å². The van der Waals surface area contributed by atoms with Crippen molar-refractivity contribution in [2.45, 2.75) is 18.4 Å². The van der Waals surface area contributed by atoms with E-state index >= 15 is 0 Å². The van der Waals surface area contributed by atoms with Gasteiger partial charge in [-0.1, -0.05) is 22.0 Å². The summed E-state index contributed by atoms with van der Waals surface area (Å²) < 4.78 is 14.4. The first-order chi connectivity index (χ1) is 7.12. The highest BCUT2D eigenvalue weighted by Gasteiger charge is 2.33. The Morgan fingerprint density at radius 3 is 2.60 bits per heavy atom. The van der Waals surface area contributed by atoms with Crippen molar-refractivity contribution in [3.8, 4) is 0 Å². The Kier molecular flexibility index (Phi) is 3.09. The molecule has 0 amide bonds. The van der Waals surface area contributed by atoms with E-state index < -0.39 is 5.60 Å². The van der Waals surface area contributed by atoms with Crippen LogP contribution in [0.3, 0.4) is 0 Å². The summed E-state index contributed by atoms with van der Waals surface area (Å²) in [6.45, 7) is 1.46. The average Bonchev–Trinajstić information content (AvgIpc) is 2.18. The summed E-state index contributed by atoms with van der Waals surface area (Å²) >= 11 is 3.20. The minimum absolute atomic E-state index is 0.339. The lowest BCUT2D eigenvalue weighted by atomic mass is 9.85. The standard InChI is InChI=1S/C11H13BrFNO/c12-8-1-2-9(10(13)7-8)11(15)3-5-14-6-4-11/h1-2,7,14-15H,3-6H2. The van der Waals surface area contributed by atoms with Crippen LogP contribution in [-0.4, -0.2) is 18.2 Å². The van der Waals surface area contributed by atoms with Crippen molar-refractivity contribution in [2.24, 2.45) is 0 Å². The largest absolute Gasteiger partial charge is 0.385 e. The minimum Gasteiger partial charge on any atom is -0.385 e. The molecule has 1 aliphatic heterocycles. The minimum atomic E-state index is -1.00. The molecule has 1 aromatic rings. The molecule has 2 rings (SSSR count). The number of halogens is 2. The highest BCUT2D eigenvalue weighted by Crippen LogP contribution is 2.33. The third kappa shape index (κ3) is 2.22. The third-order valence-corrected chi connectivity index (χ3v) is 3.36. The zero-order valence-corrected chi connectivity index (χ0v) is 9.85. The molecule has 2 N–H and O–H groups in total. The Morgan fingerprint density at radius 2 is 2.00 bits per heavy atom. The molecular weight excluding hydrogens is 261 g/mol. The van der Waals surface area contributed by atoms with Crippen LogP contribution in [0.2, 0.25) is 0 Å². The molecule has 1 aliphatic rings. The highest BCUT2D eigenvalue weighted by atomic mass is 79.9. The van der Waals surface area contributed by atoms with Crippen LogP contribution in [0.15, 0.2) is 22.7 Å². The lowest BCUT2D eigenvalue weighted by Crippen LogP contribution is -2.40. The molecule has 1 saturated heterocycles. The van der Waals surface area contributed by atoms with E-state index in [0.29, 0.717) is 22.9 Å². The zero-order valence-electron chi connectivity index (χ0n) is 8.26. The van der Waals surface area contributed by atoms with Crippen molar-refractivity contribution in [2.75, 3.05) is 13.1 Å². The molecular formula is C11H13BrFNO. The average molecular weight is 274 g/mol. The van der Waals surface area contributed by atoms with Crippen LogP contribution < -0.4 is 5.32 Å². The predicted molar refractivity (Wildman–Crippen MR) is 60.1 cm³/mol. The molecule has 0 radical (unpaired) electrons. The first-order valence-electron chi connectivity index (χ1n) is 5.00. The predicted octanol–water partition coefficient (Wildman–Crippen LogP) is 2.16. The van der Waals surface area contributed by atoms with Crippen molar-refractivity contribution >= 4 is 15.9 Å². The fourth-order valence-corrected chi connectivity index (χ4v) is 2.31. The SMILES string of the molecule is OC1(c2ccc(Br)cc2F)CCNCC1. The lowest BCUT2D eigenvalue weighted by molar-refractivity contribution is 0.00275. The number of piperidine rings is 1. The van der Waals surface area contributed by atoms with Gasteiger partial charge in [0.05, 0.1) is 5.60 Å². The molecule has 1 fully saturated rings. The van der Waals surface area contributed by atoms with E-state index in [1.165, 1.54) is 6.07 Å². The third-order valence-electron chi connectivity index (χ3n) is 2.86. The van der Waals surface area contributed by atoms with E-state index in [9.17, 15) is 9.50 Å². The van der Waals surface area contributed by atoms with Gasteiger partial charge in [-0.05, 0) is 38.1 Å². The Balaban J connectivity index is 2.35. The van der Waals surface area contributed by atoms with Crippen molar-refractivity contribution in [3.63, 3.8) is 0 Å². The number of hydrogen-bond donors (Lipinski definition) is 2. The highest BCUT2D eigenvalue weighted by molar-refractivity contribution is 9.10. The summed E-state index contributed by atoms with van der Waals surface area (Å²) in [5.74, 6) is -0.339. The molecule has 0 unspecified atom stereocenters. The molecule has 15 heavy (non-hydrogen) atoms. The van der Waals surface area contributed by atoms with E-state index in [4.69, 9.17) is 0 Å². The first-order valence-corrected chi connectivity index (χ1v) is 5.80. The second-order valence-corrected chi connectivity index (χ2v) is 4.82. The van der Waals surface area contributed by atoms with Gasteiger partial charge in [0.1, 0.15) is 5.82 Å². The van der Waals surface area contributed by atoms with Gasteiger partial charge in [-0.2, -0.15) is 0 Å². The monoisotopic (exact) mass is 273 g/mol. The van der Waals surface area contributed by atoms with Gasteiger partial charge >= 0.3 is 0 Å². The summed E-state index contributed by atoms with van der Waals surface area (Å²) in [6, 6.07) is 4.82.